The standard InChI is InChI=1S/C12H17N4OS.C2H4NO2.C2H4O2.ClH.Zn/c1-8-11(3-4-17)18-7-16(8)6-10-5-14-9(2)15-12(10)13;3-1-2(4)5;1-2(3)4;;/h5,7,17H,3-4,6H2,1-2H3,(H2,13,14,15);3H,1H2,(H,4,5);1H3,(H,3,4);1H;/q+1;-1;;;/p-1. The molecule has 0 unspecified atom stereocenters. The molecule has 2 aromatic heterocycles. The van der Waals surface area contributed by atoms with E-state index in [1.807, 2.05) is 19.4 Å². The Morgan fingerprint density at radius 2 is 1.83 bits per heavy atom. The summed E-state index contributed by atoms with van der Waals surface area (Å²) < 4.78 is 2.11. The van der Waals surface area contributed by atoms with Crippen molar-refractivity contribution < 1.29 is 61.4 Å². The monoisotopic (exact) mass is 498 g/mol. The third-order valence-electron chi connectivity index (χ3n) is 3.01. The summed E-state index contributed by atoms with van der Waals surface area (Å²) >= 11 is 1.65. The maximum Gasteiger partial charge on any atom is 0.300 e. The van der Waals surface area contributed by atoms with Crippen molar-refractivity contribution in [3.8, 4) is 0 Å². The minimum absolute atomic E-state index is 0. The van der Waals surface area contributed by atoms with Gasteiger partial charge in [-0.1, -0.05) is 17.9 Å². The van der Waals surface area contributed by atoms with Crippen molar-refractivity contribution in [2.75, 3.05) is 18.9 Å². The number of nitrogen functional groups attached to an aromatic ring is 1. The third kappa shape index (κ3) is 14.0. The Hall–Kier alpha value is -1.72. The van der Waals surface area contributed by atoms with Crippen molar-refractivity contribution in [1.82, 2.24) is 9.97 Å². The summed E-state index contributed by atoms with van der Waals surface area (Å²) in [7, 11) is 0. The molecule has 0 aromatic carbocycles. The van der Waals surface area contributed by atoms with Crippen molar-refractivity contribution in [2.45, 2.75) is 33.7 Å². The minimum Gasteiger partial charge on any atom is -1.00 e. The number of carboxylic acid groups (broad SMARTS) is 2. The Kier molecular flexibility index (Phi) is 18.9. The summed E-state index contributed by atoms with van der Waals surface area (Å²) in [6.45, 7) is 5.27. The van der Waals surface area contributed by atoms with Gasteiger partial charge in [0, 0.05) is 52.5 Å². The molecular weight excluding hydrogens is 475 g/mol. The zero-order valence-electron chi connectivity index (χ0n) is 16.6. The molecule has 0 atom stereocenters. The van der Waals surface area contributed by atoms with Crippen LogP contribution in [0.2, 0.25) is 0 Å². The van der Waals surface area contributed by atoms with E-state index in [-0.39, 0.29) is 38.5 Å². The van der Waals surface area contributed by atoms with Crippen molar-refractivity contribution in [1.29, 1.82) is 0 Å². The average molecular weight is 500 g/mol. The second kappa shape index (κ2) is 17.2. The number of nitrogens with zero attached hydrogens (tertiary/aromatic N) is 3. The smallest absolute Gasteiger partial charge is 0.300 e. The van der Waals surface area contributed by atoms with E-state index in [4.69, 9.17) is 31.6 Å². The molecule has 2 heterocycles. The van der Waals surface area contributed by atoms with Crippen LogP contribution in [0, 0.1) is 13.8 Å². The van der Waals surface area contributed by atoms with E-state index in [2.05, 4.69) is 14.5 Å². The summed E-state index contributed by atoms with van der Waals surface area (Å²) in [5.41, 5.74) is 16.1. The van der Waals surface area contributed by atoms with E-state index in [0.29, 0.717) is 24.6 Å². The van der Waals surface area contributed by atoms with Crippen LogP contribution in [0.1, 0.15) is 28.9 Å². The second-order valence-corrected chi connectivity index (χ2v) is 6.19. The number of aromatic nitrogens is 3. The molecule has 29 heavy (non-hydrogen) atoms. The Bertz CT molecular complexity index is 759. The summed E-state index contributed by atoms with van der Waals surface area (Å²) in [6.07, 6.45) is 2.47. The normalized spacial score (nSPS) is 8.86. The van der Waals surface area contributed by atoms with Gasteiger partial charge >= 0.3 is 0 Å². The van der Waals surface area contributed by atoms with Crippen LogP contribution in [0.5, 0.6) is 0 Å². The first-order valence-electron chi connectivity index (χ1n) is 7.83. The molecule has 13 heteroatoms. The van der Waals surface area contributed by atoms with Crippen molar-refractivity contribution in [2.24, 2.45) is 0 Å². The van der Waals surface area contributed by atoms with E-state index in [9.17, 15) is 4.79 Å². The Morgan fingerprint density at radius 3 is 2.24 bits per heavy atom. The van der Waals surface area contributed by atoms with Crippen LogP contribution in [-0.2, 0) is 42.0 Å². The van der Waals surface area contributed by atoms with Gasteiger partial charge in [0.15, 0.2) is 12.2 Å². The second-order valence-electron chi connectivity index (χ2n) is 5.25. The fraction of sp³-hybridized carbons (Fsp3) is 0.438. The fourth-order valence-electron chi connectivity index (χ4n) is 1.77. The maximum atomic E-state index is 9.18. The zero-order valence-corrected chi connectivity index (χ0v) is 21.1. The first-order chi connectivity index (χ1) is 12.6. The molecule has 0 saturated carbocycles. The number of aliphatic hydroxyl groups excluding tert-OH is 1. The maximum absolute atomic E-state index is 9.18. The van der Waals surface area contributed by atoms with Gasteiger partial charge in [0.25, 0.3) is 11.9 Å². The third-order valence-corrected chi connectivity index (χ3v) is 4.15. The van der Waals surface area contributed by atoms with E-state index in [1.54, 1.807) is 17.5 Å². The molecule has 0 spiro atoms. The Balaban J connectivity index is -0.000000524. The Morgan fingerprint density at radius 1 is 1.31 bits per heavy atom. The van der Waals surface area contributed by atoms with E-state index < -0.39 is 18.5 Å². The number of aryl methyl sites for hydroxylation is 1. The van der Waals surface area contributed by atoms with Gasteiger partial charge in [-0.15, -0.1) is 0 Å². The number of carbonyl (C=O) groups is 2. The first-order valence-corrected chi connectivity index (χ1v) is 8.71. The molecule has 6 N–H and O–H groups in total. The van der Waals surface area contributed by atoms with Gasteiger partial charge < -0.3 is 39.2 Å². The number of rotatable bonds is 5. The number of aliphatic hydroxyl groups is 1. The summed E-state index contributed by atoms with van der Waals surface area (Å²) in [5.74, 6) is -0.696. The zero-order chi connectivity index (χ0) is 21.0. The molecular formula is C16H25ClN5O5SZn-. The number of aliphatic carboxylic acids is 2. The summed E-state index contributed by atoms with van der Waals surface area (Å²) in [5, 5.41) is 23.9. The topological polar surface area (TPSA) is 174 Å². The summed E-state index contributed by atoms with van der Waals surface area (Å²) in [4.78, 5) is 27.7. The number of thiazole rings is 1. The van der Waals surface area contributed by atoms with E-state index in [1.165, 1.54) is 4.88 Å². The van der Waals surface area contributed by atoms with Gasteiger partial charge in [-0.3, -0.25) is 9.59 Å². The predicted octanol–water partition coefficient (Wildman–Crippen LogP) is -2.18. The first kappa shape index (κ1) is 32.0. The molecule has 0 aliphatic carbocycles. The predicted molar refractivity (Wildman–Crippen MR) is 100 cm³/mol. The number of nitrogens with two attached hydrogens (primary N) is 1. The molecule has 0 aliphatic heterocycles. The number of carboxylic acids is 2. The van der Waals surface area contributed by atoms with Crippen molar-refractivity contribution in [3.63, 3.8) is 0 Å². The van der Waals surface area contributed by atoms with Gasteiger partial charge in [0.2, 0.25) is 5.51 Å². The minimum atomic E-state index is -1.08. The van der Waals surface area contributed by atoms with Gasteiger partial charge in [0.1, 0.15) is 11.6 Å². The largest absolute Gasteiger partial charge is 1.00 e. The van der Waals surface area contributed by atoms with Crippen LogP contribution >= 0.6 is 11.3 Å². The molecule has 10 nitrogen and oxygen atoms in total. The summed E-state index contributed by atoms with van der Waals surface area (Å²) in [6, 6.07) is 0. The molecule has 0 bridgehead atoms. The van der Waals surface area contributed by atoms with Gasteiger partial charge in [-0.05, 0) is 6.92 Å². The molecule has 2 rings (SSSR count). The number of hydrogen-bond donors (Lipinski definition) is 4. The van der Waals surface area contributed by atoms with Gasteiger partial charge in [-0.2, -0.15) is 4.57 Å². The van der Waals surface area contributed by atoms with Crippen LogP contribution in [0.25, 0.3) is 5.73 Å². The van der Waals surface area contributed by atoms with Crippen molar-refractivity contribution in [3.05, 3.63) is 39.4 Å². The molecule has 2 aromatic rings. The van der Waals surface area contributed by atoms with Crippen LogP contribution < -0.4 is 22.7 Å². The molecule has 0 radical (unpaired) electrons. The van der Waals surface area contributed by atoms with Gasteiger partial charge in [0.05, 0.1) is 10.4 Å². The molecule has 0 amide bonds. The molecule has 0 aliphatic rings. The Labute approximate surface area is 192 Å². The van der Waals surface area contributed by atoms with Crippen LogP contribution in [0.3, 0.4) is 0 Å². The number of nitrogens with one attached hydrogen (secondary N) is 1. The van der Waals surface area contributed by atoms with Crippen LogP contribution in [0.15, 0.2) is 11.7 Å². The quantitative estimate of drug-likeness (QED) is 0.265. The number of anilines is 1. The average Bonchev–Trinajstić information content (AvgIpc) is 2.91. The molecule has 0 saturated heterocycles. The van der Waals surface area contributed by atoms with E-state index in [0.717, 1.165) is 18.2 Å². The van der Waals surface area contributed by atoms with Crippen LogP contribution in [-0.4, -0.2) is 50.4 Å². The fourth-order valence-corrected chi connectivity index (χ4v) is 2.75. The SMILES string of the molecule is CC(=O)O.Cc1ncc(C[n+]2csc(CCO)c2C)c(N)n1.[Cl-].[NH-]CC(=O)O.[Zn]. The number of halogens is 1. The molecule has 160 valence electrons. The number of hydrogen-bond acceptors (Lipinski definition) is 7. The van der Waals surface area contributed by atoms with Crippen molar-refractivity contribution >= 4 is 29.1 Å². The van der Waals surface area contributed by atoms with Gasteiger partial charge in [-0.25, -0.2) is 9.97 Å². The van der Waals surface area contributed by atoms with Crippen LogP contribution in [0.4, 0.5) is 5.82 Å². The van der Waals surface area contributed by atoms with E-state index >= 15 is 0 Å². The molecule has 0 fully saturated rings.